The van der Waals surface area contributed by atoms with E-state index < -0.39 is 16.7 Å². The third-order valence-electron chi connectivity index (χ3n) is 2.49. The van der Waals surface area contributed by atoms with Crippen molar-refractivity contribution in [2.45, 2.75) is 6.18 Å². The third kappa shape index (κ3) is 3.05. The minimum atomic E-state index is -4.50. The highest BCUT2D eigenvalue weighted by Crippen LogP contribution is 2.37. The molecule has 0 bridgehead atoms. The molecule has 0 radical (unpaired) electrons. The fraction of sp³-hybridized carbons (Fsp3) is 0.0769. The van der Waals surface area contributed by atoms with E-state index in [2.05, 4.69) is 0 Å². The number of nitro groups is 1. The molecule has 0 saturated carbocycles. The zero-order valence-electron chi connectivity index (χ0n) is 9.92. The maximum Gasteiger partial charge on any atom is 0.417 e. The summed E-state index contributed by atoms with van der Waals surface area (Å²) in [5, 5.41) is 10.2. The van der Waals surface area contributed by atoms with Gasteiger partial charge in [0.15, 0.2) is 0 Å². The Bertz CT molecular complexity index is 659. The van der Waals surface area contributed by atoms with E-state index in [1.807, 2.05) is 0 Å². The lowest BCUT2D eigenvalue weighted by molar-refractivity contribution is -0.401. The fourth-order valence-electron chi connectivity index (χ4n) is 1.67. The monoisotopic (exact) mass is 283 g/mol. The molecular formula is C13H8F3NO3. The Morgan fingerprint density at radius 1 is 1.15 bits per heavy atom. The first-order chi connectivity index (χ1) is 9.38. The molecule has 4 nitrogen and oxygen atoms in total. The highest BCUT2D eigenvalue weighted by molar-refractivity contribution is 5.64. The third-order valence-corrected chi connectivity index (χ3v) is 2.49. The summed E-state index contributed by atoms with van der Waals surface area (Å²) >= 11 is 0. The van der Waals surface area contributed by atoms with Gasteiger partial charge in [-0.3, -0.25) is 10.1 Å². The molecular weight excluding hydrogens is 275 g/mol. The zero-order chi connectivity index (χ0) is 14.8. The molecule has 0 aliphatic heterocycles. The summed E-state index contributed by atoms with van der Waals surface area (Å²) < 4.78 is 43.7. The molecule has 0 N–H and O–H groups in total. The van der Waals surface area contributed by atoms with Crippen molar-refractivity contribution in [2.75, 3.05) is 0 Å². The number of hydrogen-bond acceptors (Lipinski definition) is 3. The molecule has 2 aromatic rings. The lowest BCUT2D eigenvalue weighted by atomic mass is 10.1. The highest BCUT2D eigenvalue weighted by Gasteiger charge is 2.33. The lowest BCUT2D eigenvalue weighted by Gasteiger charge is -2.10. The predicted molar refractivity (Wildman–Crippen MR) is 65.2 cm³/mol. The van der Waals surface area contributed by atoms with E-state index in [1.165, 1.54) is 30.3 Å². The van der Waals surface area contributed by atoms with Gasteiger partial charge in [-0.1, -0.05) is 18.2 Å². The number of nitrogens with zero attached hydrogens (tertiary/aromatic N) is 1. The molecule has 0 unspecified atom stereocenters. The number of hydrogen-bond donors (Lipinski definition) is 0. The van der Waals surface area contributed by atoms with E-state index in [-0.39, 0.29) is 17.1 Å². The van der Waals surface area contributed by atoms with Crippen LogP contribution in [0.25, 0.3) is 17.4 Å². The summed E-state index contributed by atoms with van der Waals surface area (Å²) in [6, 6.07) is 7.67. The summed E-state index contributed by atoms with van der Waals surface area (Å²) in [5.41, 5.74) is -0.931. The van der Waals surface area contributed by atoms with Crippen LogP contribution in [0.2, 0.25) is 0 Å². The Morgan fingerprint density at radius 2 is 1.85 bits per heavy atom. The Labute approximate surface area is 111 Å². The molecule has 0 atom stereocenters. The van der Waals surface area contributed by atoms with Gasteiger partial charge in [0.25, 0.3) is 0 Å². The second-order valence-corrected chi connectivity index (χ2v) is 3.85. The molecule has 0 aliphatic carbocycles. The topological polar surface area (TPSA) is 56.3 Å². The van der Waals surface area contributed by atoms with Crippen molar-refractivity contribution >= 4 is 6.08 Å². The van der Waals surface area contributed by atoms with Crippen LogP contribution in [0.1, 0.15) is 11.3 Å². The molecule has 0 spiro atoms. The second kappa shape index (κ2) is 5.20. The van der Waals surface area contributed by atoms with Gasteiger partial charge >= 0.3 is 6.18 Å². The standard InChI is InChI=1S/C13H8F3NO3/c14-13(15,16)11-4-2-1-3-10(11)12-6-5-9(20-12)7-8-17(18)19/h1-8H. The first-order valence-corrected chi connectivity index (χ1v) is 5.46. The van der Waals surface area contributed by atoms with Crippen LogP contribution in [0.5, 0.6) is 0 Å². The van der Waals surface area contributed by atoms with E-state index in [0.29, 0.717) is 6.20 Å². The maximum absolute atomic E-state index is 12.8. The van der Waals surface area contributed by atoms with E-state index in [0.717, 1.165) is 12.1 Å². The van der Waals surface area contributed by atoms with Crippen molar-refractivity contribution in [1.82, 2.24) is 0 Å². The molecule has 20 heavy (non-hydrogen) atoms. The molecule has 7 heteroatoms. The van der Waals surface area contributed by atoms with E-state index in [1.54, 1.807) is 0 Å². The van der Waals surface area contributed by atoms with Crippen LogP contribution in [-0.2, 0) is 6.18 Å². The number of rotatable bonds is 3. The Kier molecular flexibility index (Phi) is 3.60. The van der Waals surface area contributed by atoms with Crippen LogP contribution in [0.15, 0.2) is 47.0 Å². The molecule has 2 rings (SSSR count). The maximum atomic E-state index is 12.8. The van der Waals surface area contributed by atoms with Gasteiger partial charge in [0.2, 0.25) is 6.20 Å². The van der Waals surface area contributed by atoms with Gasteiger partial charge in [-0.25, -0.2) is 0 Å². The van der Waals surface area contributed by atoms with Crippen LogP contribution in [0.4, 0.5) is 13.2 Å². The average molecular weight is 283 g/mol. The summed E-state index contributed by atoms with van der Waals surface area (Å²) in [5.74, 6) is 0.106. The molecule has 1 aromatic carbocycles. The molecule has 0 aliphatic rings. The van der Waals surface area contributed by atoms with Crippen LogP contribution < -0.4 is 0 Å². The van der Waals surface area contributed by atoms with Crippen molar-refractivity contribution in [3.63, 3.8) is 0 Å². The first-order valence-electron chi connectivity index (χ1n) is 5.46. The summed E-state index contributed by atoms with van der Waals surface area (Å²) in [6.07, 6.45) is -2.78. The number of alkyl halides is 3. The SMILES string of the molecule is O=[N+]([O-])C=Cc1ccc(-c2ccccc2C(F)(F)F)o1. The average Bonchev–Trinajstić information content (AvgIpc) is 2.84. The summed E-state index contributed by atoms with van der Waals surface area (Å²) in [7, 11) is 0. The Balaban J connectivity index is 2.41. The minimum Gasteiger partial charge on any atom is -0.456 e. The molecule has 0 amide bonds. The first kappa shape index (κ1) is 13.9. The van der Waals surface area contributed by atoms with Gasteiger partial charge in [0.05, 0.1) is 16.6 Å². The van der Waals surface area contributed by atoms with Gasteiger partial charge < -0.3 is 4.42 Å². The van der Waals surface area contributed by atoms with Gasteiger partial charge in [0, 0.05) is 5.56 Å². The molecule has 104 valence electrons. The van der Waals surface area contributed by atoms with Crippen LogP contribution in [-0.4, -0.2) is 4.92 Å². The van der Waals surface area contributed by atoms with Crippen LogP contribution >= 0.6 is 0 Å². The molecule has 0 saturated heterocycles. The smallest absolute Gasteiger partial charge is 0.417 e. The van der Waals surface area contributed by atoms with Crippen molar-refractivity contribution in [3.8, 4) is 11.3 Å². The largest absolute Gasteiger partial charge is 0.456 e. The Hall–Kier alpha value is -2.57. The normalized spacial score (nSPS) is 11.9. The number of halogens is 3. The molecule has 0 fully saturated rings. The summed E-state index contributed by atoms with van der Waals surface area (Å²) in [6.45, 7) is 0. The molecule has 1 heterocycles. The predicted octanol–water partition coefficient (Wildman–Crippen LogP) is 4.21. The lowest BCUT2D eigenvalue weighted by Crippen LogP contribution is -2.06. The molecule has 1 aromatic heterocycles. The van der Waals surface area contributed by atoms with E-state index in [9.17, 15) is 23.3 Å². The van der Waals surface area contributed by atoms with Gasteiger partial charge in [-0.05, 0) is 18.2 Å². The zero-order valence-corrected chi connectivity index (χ0v) is 9.92. The van der Waals surface area contributed by atoms with Crippen molar-refractivity contribution in [3.05, 3.63) is 64.0 Å². The van der Waals surface area contributed by atoms with E-state index >= 15 is 0 Å². The van der Waals surface area contributed by atoms with Gasteiger partial charge in [-0.2, -0.15) is 13.2 Å². The van der Waals surface area contributed by atoms with Crippen molar-refractivity contribution < 1.29 is 22.5 Å². The highest BCUT2D eigenvalue weighted by atomic mass is 19.4. The van der Waals surface area contributed by atoms with Crippen molar-refractivity contribution in [1.29, 1.82) is 0 Å². The van der Waals surface area contributed by atoms with Crippen molar-refractivity contribution in [2.24, 2.45) is 0 Å². The van der Waals surface area contributed by atoms with E-state index in [4.69, 9.17) is 4.42 Å². The number of furan rings is 1. The fourth-order valence-corrected chi connectivity index (χ4v) is 1.67. The van der Waals surface area contributed by atoms with Crippen LogP contribution in [0, 0.1) is 10.1 Å². The number of benzene rings is 1. The minimum absolute atomic E-state index is 0.000855. The van der Waals surface area contributed by atoms with Gasteiger partial charge in [-0.15, -0.1) is 0 Å². The second-order valence-electron chi connectivity index (χ2n) is 3.85. The quantitative estimate of drug-likeness (QED) is 0.626. The Morgan fingerprint density at radius 3 is 2.50 bits per heavy atom. The van der Waals surface area contributed by atoms with Gasteiger partial charge in [0.1, 0.15) is 11.5 Å². The van der Waals surface area contributed by atoms with Crippen LogP contribution in [0.3, 0.4) is 0 Å². The summed E-state index contributed by atoms with van der Waals surface area (Å²) in [4.78, 5) is 9.47.